The quantitative estimate of drug-likeness (QED) is 0.696. The van der Waals surface area contributed by atoms with Gasteiger partial charge in [-0.3, -0.25) is 4.79 Å². The van der Waals surface area contributed by atoms with Crippen LogP contribution >= 0.6 is 0 Å². The molecule has 0 bridgehead atoms. The first-order chi connectivity index (χ1) is 13.0. The van der Waals surface area contributed by atoms with E-state index in [1.807, 2.05) is 24.3 Å². The second kappa shape index (κ2) is 6.63. The van der Waals surface area contributed by atoms with E-state index in [0.29, 0.717) is 11.4 Å². The molecule has 9 nitrogen and oxygen atoms in total. The summed E-state index contributed by atoms with van der Waals surface area (Å²) in [5.41, 5.74) is 1.06. The average molecular weight is 387 g/mol. The molecule has 27 heavy (non-hydrogen) atoms. The average Bonchev–Trinajstić information content (AvgIpc) is 3.17. The summed E-state index contributed by atoms with van der Waals surface area (Å²) in [6.07, 6.45) is 2.57. The Morgan fingerprint density at radius 3 is 2.67 bits per heavy atom. The van der Waals surface area contributed by atoms with Crippen LogP contribution in [0.4, 0.5) is 0 Å². The van der Waals surface area contributed by atoms with E-state index in [1.54, 1.807) is 13.2 Å². The van der Waals surface area contributed by atoms with Gasteiger partial charge in [0.1, 0.15) is 5.75 Å². The summed E-state index contributed by atoms with van der Waals surface area (Å²) in [4.78, 5) is 18.6. The smallest absolute Gasteiger partial charge is 0.267 e. The van der Waals surface area contributed by atoms with E-state index in [4.69, 9.17) is 4.74 Å². The van der Waals surface area contributed by atoms with Crippen LogP contribution in [0, 0.1) is 0 Å². The molecule has 3 aromatic rings. The van der Waals surface area contributed by atoms with E-state index in [0.717, 1.165) is 5.56 Å². The highest BCUT2D eigenvalue weighted by atomic mass is 32.2. The standard InChI is InChI=1S/C17H17N5O4S/c1-26-15-5-3-2-4-13(15)14-6-7-17(23)22(20-14)12-9-21(10-12)27(24,25)16-8-18-11-19-16/h2-8,11-12H,9-10H2,1H3,(H,18,19). The lowest BCUT2D eigenvalue weighted by molar-refractivity contribution is 0.185. The molecule has 0 amide bonds. The van der Waals surface area contributed by atoms with Gasteiger partial charge in [-0.1, -0.05) is 12.1 Å². The number of aromatic amines is 1. The van der Waals surface area contributed by atoms with E-state index >= 15 is 0 Å². The highest BCUT2D eigenvalue weighted by Gasteiger charge is 2.39. The maximum atomic E-state index is 12.4. The minimum atomic E-state index is -3.63. The number of para-hydroxylation sites is 1. The van der Waals surface area contributed by atoms with Crippen LogP contribution in [0.3, 0.4) is 0 Å². The van der Waals surface area contributed by atoms with E-state index in [1.165, 1.54) is 27.6 Å². The third-order valence-electron chi connectivity index (χ3n) is 4.47. The number of hydrogen-bond acceptors (Lipinski definition) is 6. The van der Waals surface area contributed by atoms with Crippen LogP contribution < -0.4 is 10.3 Å². The topological polar surface area (TPSA) is 110 Å². The predicted molar refractivity (Wildman–Crippen MR) is 96.9 cm³/mol. The lowest BCUT2D eigenvalue weighted by atomic mass is 10.1. The largest absolute Gasteiger partial charge is 0.496 e. The molecule has 1 N–H and O–H groups in total. The van der Waals surface area contributed by atoms with Gasteiger partial charge in [-0.05, 0) is 18.2 Å². The number of benzene rings is 1. The van der Waals surface area contributed by atoms with Gasteiger partial charge in [0.2, 0.25) is 0 Å². The van der Waals surface area contributed by atoms with Gasteiger partial charge >= 0.3 is 0 Å². The number of rotatable bonds is 5. The summed E-state index contributed by atoms with van der Waals surface area (Å²) in [6.45, 7) is 0.341. The molecule has 3 heterocycles. The van der Waals surface area contributed by atoms with Crippen molar-refractivity contribution in [3.8, 4) is 17.0 Å². The second-order valence-corrected chi connectivity index (χ2v) is 8.00. The molecule has 0 unspecified atom stereocenters. The minimum absolute atomic E-state index is 0.0315. The van der Waals surface area contributed by atoms with Crippen LogP contribution in [0.15, 0.2) is 58.7 Å². The summed E-state index contributed by atoms with van der Waals surface area (Å²) >= 11 is 0. The summed E-state index contributed by atoms with van der Waals surface area (Å²) < 4.78 is 32.8. The van der Waals surface area contributed by atoms with Crippen LogP contribution in [0.5, 0.6) is 5.75 Å². The van der Waals surface area contributed by atoms with Crippen molar-refractivity contribution in [1.82, 2.24) is 24.1 Å². The second-order valence-electron chi connectivity index (χ2n) is 6.09. The van der Waals surface area contributed by atoms with E-state index < -0.39 is 10.0 Å². The fraction of sp³-hybridized carbons (Fsp3) is 0.235. The number of imidazole rings is 1. The maximum absolute atomic E-state index is 12.4. The van der Waals surface area contributed by atoms with Gasteiger partial charge in [0, 0.05) is 24.7 Å². The van der Waals surface area contributed by atoms with Gasteiger partial charge in [0.25, 0.3) is 15.6 Å². The molecule has 10 heteroatoms. The normalized spacial score (nSPS) is 15.4. The van der Waals surface area contributed by atoms with E-state index in [-0.39, 0.29) is 29.7 Å². The molecular weight excluding hydrogens is 370 g/mol. The predicted octanol–water partition coefficient (Wildman–Crippen LogP) is 0.888. The summed E-state index contributed by atoms with van der Waals surface area (Å²) in [7, 11) is -2.07. The van der Waals surface area contributed by atoms with Crippen molar-refractivity contribution in [2.45, 2.75) is 11.1 Å². The van der Waals surface area contributed by atoms with Crippen molar-refractivity contribution in [2.75, 3.05) is 20.2 Å². The maximum Gasteiger partial charge on any atom is 0.267 e. The third-order valence-corrected chi connectivity index (χ3v) is 6.23. The first-order valence-corrected chi connectivity index (χ1v) is 9.66. The van der Waals surface area contributed by atoms with Crippen molar-refractivity contribution < 1.29 is 13.2 Å². The Hall–Kier alpha value is -2.98. The molecule has 0 radical (unpaired) electrons. The number of nitrogens with one attached hydrogen (secondary N) is 1. The molecule has 1 saturated heterocycles. The van der Waals surface area contributed by atoms with Gasteiger partial charge in [-0.15, -0.1) is 0 Å². The van der Waals surface area contributed by atoms with Crippen molar-refractivity contribution in [1.29, 1.82) is 0 Å². The molecule has 0 saturated carbocycles. The molecule has 0 spiro atoms. The summed E-state index contributed by atoms with van der Waals surface area (Å²) in [6, 6.07) is 10.1. The van der Waals surface area contributed by atoms with Gasteiger partial charge in [-0.25, -0.2) is 18.1 Å². The van der Waals surface area contributed by atoms with Gasteiger partial charge in [-0.2, -0.15) is 9.40 Å². The zero-order valence-electron chi connectivity index (χ0n) is 14.4. The lowest BCUT2D eigenvalue weighted by Gasteiger charge is -2.37. The Balaban J connectivity index is 1.60. The van der Waals surface area contributed by atoms with Crippen LogP contribution in [0.25, 0.3) is 11.3 Å². The number of hydrogen-bond donors (Lipinski definition) is 1. The van der Waals surface area contributed by atoms with Crippen LogP contribution in [-0.4, -0.2) is 52.7 Å². The SMILES string of the molecule is COc1ccccc1-c1ccc(=O)n(C2CN(S(=O)(=O)c3cnc[nH]3)C2)n1. The Labute approximate surface area is 155 Å². The number of aromatic nitrogens is 4. The van der Waals surface area contributed by atoms with Crippen molar-refractivity contribution >= 4 is 10.0 Å². The number of methoxy groups -OCH3 is 1. The molecule has 4 rings (SSSR count). The number of ether oxygens (including phenoxy) is 1. The fourth-order valence-electron chi connectivity index (χ4n) is 2.98. The monoisotopic (exact) mass is 387 g/mol. The Morgan fingerprint density at radius 2 is 1.96 bits per heavy atom. The molecule has 1 aliphatic heterocycles. The van der Waals surface area contributed by atoms with Crippen molar-refractivity contribution in [3.63, 3.8) is 0 Å². The number of sulfonamides is 1. The van der Waals surface area contributed by atoms with Crippen LogP contribution in [-0.2, 0) is 10.0 Å². The lowest BCUT2D eigenvalue weighted by Crippen LogP contribution is -2.53. The van der Waals surface area contributed by atoms with Gasteiger partial charge in [0.05, 0.1) is 31.4 Å². The molecule has 140 valence electrons. The minimum Gasteiger partial charge on any atom is -0.496 e. The van der Waals surface area contributed by atoms with E-state index in [9.17, 15) is 13.2 Å². The Kier molecular flexibility index (Phi) is 4.28. The molecule has 1 fully saturated rings. The number of H-pyrrole nitrogens is 1. The van der Waals surface area contributed by atoms with Gasteiger partial charge in [0.15, 0.2) is 5.03 Å². The number of nitrogens with zero attached hydrogens (tertiary/aromatic N) is 4. The zero-order valence-corrected chi connectivity index (χ0v) is 15.3. The summed E-state index contributed by atoms with van der Waals surface area (Å²) in [5.74, 6) is 0.646. The summed E-state index contributed by atoms with van der Waals surface area (Å²) in [5, 5.41) is 4.47. The molecule has 2 aromatic heterocycles. The van der Waals surface area contributed by atoms with E-state index in [2.05, 4.69) is 15.1 Å². The highest BCUT2D eigenvalue weighted by molar-refractivity contribution is 7.89. The first-order valence-electron chi connectivity index (χ1n) is 8.22. The first kappa shape index (κ1) is 17.4. The van der Waals surface area contributed by atoms with Gasteiger partial charge < -0.3 is 9.72 Å². The fourth-order valence-corrected chi connectivity index (χ4v) is 4.39. The van der Waals surface area contributed by atoms with Crippen molar-refractivity contribution in [3.05, 3.63) is 59.3 Å². The van der Waals surface area contributed by atoms with Crippen molar-refractivity contribution in [2.24, 2.45) is 0 Å². The molecule has 0 aliphatic carbocycles. The highest BCUT2D eigenvalue weighted by Crippen LogP contribution is 2.29. The molecule has 1 aromatic carbocycles. The molecular formula is C17H17N5O4S. The Bertz CT molecular complexity index is 1120. The zero-order chi connectivity index (χ0) is 19.0. The van der Waals surface area contributed by atoms with Crippen LogP contribution in [0.2, 0.25) is 0 Å². The third kappa shape index (κ3) is 3.02. The molecule has 1 aliphatic rings. The van der Waals surface area contributed by atoms with Crippen LogP contribution in [0.1, 0.15) is 6.04 Å². The Morgan fingerprint density at radius 1 is 1.19 bits per heavy atom. The molecule has 0 atom stereocenters.